The van der Waals surface area contributed by atoms with Crippen molar-refractivity contribution in [2.75, 3.05) is 0 Å². The van der Waals surface area contributed by atoms with E-state index in [4.69, 9.17) is 16.0 Å². The van der Waals surface area contributed by atoms with Crippen LogP contribution in [0, 0.1) is 5.82 Å². The number of carbonyl (C=O) groups excluding carboxylic acids is 1. The predicted octanol–water partition coefficient (Wildman–Crippen LogP) is 4.89. The zero-order valence-corrected chi connectivity index (χ0v) is 14.1. The first-order valence-electron chi connectivity index (χ1n) is 7.09. The molecule has 1 heterocycles. The predicted molar refractivity (Wildman–Crippen MR) is 90.8 cm³/mol. The molecule has 0 N–H and O–H groups in total. The number of carbonyl (C=O) groups is 1. The van der Waals surface area contributed by atoms with Gasteiger partial charge in [0.25, 0.3) is 5.22 Å². The van der Waals surface area contributed by atoms with Crippen LogP contribution in [0.3, 0.4) is 0 Å². The summed E-state index contributed by atoms with van der Waals surface area (Å²) in [5.74, 6) is -0.114. The van der Waals surface area contributed by atoms with Gasteiger partial charge in [0.2, 0.25) is 5.89 Å². The number of hydrogen-bond donors (Lipinski definition) is 0. The Morgan fingerprint density at radius 2 is 1.79 bits per heavy atom. The van der Waals surface area contributed by atoms with E-state index in [9.17, 15) is 9.18 Å². The molecular weight excluding hydrogens is 351 g/mol. The third-order valence-corrected chi connectivity index (χ3v) is 4.46. The molecule has 0 amide bonds. The highest BCUT2D eigenvalue weighted by Gasteiger charge is 2.20. The normalized spacial score (nSPS) is 12.1. The number of ketones is 1. The van der Waals surface area contributed by atoms with Crippen LogP contribution in [0.2, 0.25) is 5.02 Å². The minimum Gasteiger partial charge on any atom is -0.411 e. The molecule has 1 aromatic heterocycles. The lowest BCUT2D eigenvalue weighted by molar-refractivity contribution is 0.0993. The maximum absolute atomic E-state index is 12.9. The van der Waals surface area contributed by atoms with Gasteiger partial charge in [0.15, 0.2) is 5.78 Å². The molecule has 0 aliphatic rings. The Labute approximate surface area is 147 Å². The second kappa shape index (κ2) is 7.15. The molecule has 0 saturated carbocycles. The molecule has 0 aliphatic carbocycles. The van der Waals surface area contributed by atoms with Gasteiger partial charge in [0.1, 0.15) is 5.82 Å². The average Bonchev–Trinajstić information content (AvgIpc) is 3.04. The van der Waals surface area contributed by atoms with Crippen LogP contribution in [-0.2, 0) is 0 Å². The number of nitrogens with zero attached hydrogens (tertiary/aromatic N) is 2. The van der Waals surface area contributed by atoms with E-state index < -0.39 is 5.25 Å². The van der Waals surface area contributed by atoms with Crippen molar-refractivity contribution in [1.29, 1.82) is 0 Å². The highest BCUT2D eigenvalue weighted by atomic mass is 35.5. The van der Waals surface area contributed by atoms with Gasteiger partial charge in [-0.05, 0) is 55.5 Å². The van der Waals surface area contributed by atoms with Crippen LogP contribution in [0.25, 0.3) is 11.5 Å². The molecule has 24 heavy (non-hydrogen) atoms. The van der Waals surface area contributed by atoms with Gasteiger partial charge in [0, 0.05) is 16.1 Å². The minimum atomic E-state index is -0.396. The number of aromatic nitrogens is 2. The Morgan fingerprint density at radius 1 is 1.12 bits per heavy atom. The Hall–Kier alpha value is -2.18. The summed E-state index contributed by atoms with van der Waals surface area (Å²) in [4.78, 5) is 12.4. The van der Waals surface area contributed by atoms with Crippen LogP contribution in [0.4, 0.5) is 4.39 Å². The molecule has 0 saturated heterocycles. The lowest BCUT2D eigenvalue weighted by Crippen LogP contribution is -2.13. The van der Waals surface area contributed by atoms with Crippen molar-refractivity contribution in [3.8, 4) is 11.5 Å². The topological polar surface area (TPSA) is 56.0 Å². The summed E-state index contributed by atoms with van der Waals surface area (Å²) in [5.41, 5.74) is 1.19. The van der Waals surface area contributed by atoms with Crippen molar-refractivity contribution in [1.82, 2.24) is 10.2 Å². The van der Waals surface area contributed by atoms with E-state index in [-0.39, 0.29) is 22.7 Å². The number of hydrogen-bond acceptors (Lipinski definition) is 5. The monoisotopic (exact) mass is 362 g/mol. The first-order valence-corrected chi connectivity index (χ1v) is 8.34. The van der Waals surface area contributed by atoms with Crippen LogP contribution < -0.4 is 0 Å². The standard InChI is InChI=1S/C17H12ClFN2O2S/c1-10(15(22)11-2-6-13(18)7-3-11)24-17-21-20-16(23-17)12-4-8-14(19)9-5-12/h2-10H,1H3. The van der Waals surface area contributed by atoms with Crippen molar-refractivity contribution < 1.29 is 13.6 Å². The molecule has 0 spiro atoms. The lowest BCUT2D eigenvalue weighted by atomic mass is 10.1. The van der Waals surface area contributed by atoms with Gasteiger partial charge < -0.3 is 4.42 Å². The third-order valence-electron chi connectivity index (χ3n) is 3.27. The smallest absolute Gasteiger partial charge is 0.277 e. The molecular formula is C17H12ClFN2O2S. The number of thioether (sulfide) groups is 1. The lowest BCUT2D eigenvalue weighted by Gasteiger charge is -2.07. The van der Waals surface area contributed by atoms with Crippen LogP contribution in [0.15, 0.2) is 58.2 Å². The molecule has 2 aromatic carbocycles. The largest absolute Gasteiger partial charge is 0.411 e. The maximum atomic E-state index is 12.9. The van der Waals surface area contributed by atoms with E-state index in [2.05, 4.69) is 10.2 Å². The Balaban J connectivity index is 1.70. The zero-order valence-electron chi connectivity index (χ0n) is 12.6. The average molecular weight is 363 g/mol. The maximum Gasteiger partial charge on any atom is 0.277 e. The van der Waals surface area contributed by atoms with Crippen LogP contribution in [0.1, 0.15) is 17.3 Å². The van der Waals surface area contributed by atoms with Gasteiger partial charge in [-0.3, -0.25) is 4.79 Å². The van der Waals surface area contributed by atoms with Crippen molar-refractivity contribution in [2.45, 2.75) is 17.4 Å². The fraction of sp³-hybridized carbons (Fsp3) is 0.118. The summed E-state index contributed by atoms with van der Waals surface area (Å²) in [6.45, 7) is 1.77. The summed E-state index contributed by atoms with van der Waals surface area (Å²) in [6, 6.07) is 12.5. The van der Waals surface area contributed by atoms with Gasteiger partial charge in [-0.1, -0.05) is 23.4 Å². The van der Waals surface area contributed by atoms with Crippen molar-refractivity contribution >= 4 is 29.1 Å². The van der Waals surface area contributed by atoms with Gasteiger partial charge in [-0.15, -0.1) is 10.2 Å². The van der Waals surface area contributed by atoms with Crippen molar-refractivity contribution in [3.05, 3.63) is 64.9 Å². The first-order chi connectivity index (χ1) is 11.5. The quantitative estimate of drug-likeness (QED) is 0.477. The molecule has 0 aliphatic heterocycles. The Kier molecular flexibility index (Phi) is 4.97. The Morgan fingerprint density at radius 3 is 2.46 bits per heavy atom. The van der Waals surface area contributed by atoms with Crippen LogP contribution >= 0.6 is 23.4 Å². The SMILES string of the molecule is CC(Sc1nnc(-c2ccc(F)cc2)o1)C(=O)c1ccc(Cl)cc1. The fourth-order valence-corrected chi connectivity index (χ4v) is 2.91. The molecule has 4 nitrogen and oxygen atoms in total. The van der Waals surface area contributed by atoms with E-state index in [1.54, 1.807) is 43.3 Å². The molecule has 1 unspecified atom stereocenters. The summed E-state index contributed by atoms with van der Waals surface area (Å²) >= 11 is 7.00. The third kappa shape index (κ3) is 3.83. The van der Waals surface area contributed by atoms with Gasteiger partial charge in [-0.25, -0.2) is 4.39 Å². The molecule has 1 atom stereocenters. The minimum absolute atomic E-state index is 0.0572. The van der Waals surface area contributed by atoms with E-state index >= 15 is 0 Å². The van der Waals surface area contributed by atoms with Crippen molar-refractivity contribution in [2.24, 2.45) is 0 Å². The van der Waals surface area contributed by atoms with Crippen LogP contribution in [-0.4, -0.2) is 21.2 Å². The molecule has 122 valence electrons. The number of benzene rings is 2. The second-order valence-corrected chi connectivity index (χ2v) is 6.74. The number of halogens is 2. The summed E-state index contributed by atoms with van der Waals surface area (Å²) < 4.78 is 18.5. The van der Waals surface area contributed by atoms with Gasteiger partial charge >= 0.3 is 0 Å². The summed E-state index contributed by atoms with van der Waals surface area (Å²) in [6.07, 6.45) is 0. The molecule has 0 bridgehead atoms. The van der Waals surface area contributed by atoms with E-state index in [0.29, 0.717) is 16.1 Å². The molecule has 3 aromatic rings. The van der Waals surface area contributed by atoms with E-state index in [1.807, 2.05) is 0 Å². The van der Waals surface area contributed by atoms with Crippen LogP contribution in [0.5, 0.6) is 0 Å². The van der Waals surface area contributed by atoms with Gasteiger partial charge in [0.05, 0.1) is 5.25 Å². The molecule has 3 rings (SSSR count). The zero-order chi connectivity index (χ0) is 17.1. The highest BCUT2D eigenvalue weighted by Crippen LogP contribution is 2.28. The summed E-state index contributed by atoms with van der Waals surface area (Å²) in [7, 11) is 0. The molecule has 0 fully saturated rings. The first kappa shape index (κ1) is 16.7. The number of Topliss-reactive ketones (excluding diaryl/α,β-unsaturated/α-hetero) is 1. The Bertz CT molecular complexity index is 850. The summed E-state index contributed by atoms with van der Waals surface area (Å²) in [5, 5.41) is 8.31. The van der Waals surface area contributed by atoms with Crippen molar-refractivity contribution in [3.63, 3.8) is 0 Å². The van der Waals surface area contributed by atoms with E-state index in [1.165, 1.54) is 23.9 Å². The van der Waals surface area contributed by atoms with E-state index in [0.717, 1.165) is 0 Å². The molecule has 7 heteroatoms. The van der Waals surface area contributed by atoms with Gasteiger partial charge in [-0.2, -0.15) is 0 Å². The molecule has 0 radical (unpaired) electrons. The number of rotatable bonds is 5. The highest BCUT2D eigenvalue weighted by molar-refractivity contribution is 8.00. The fourth-order valence-electron chi connectivity index (χ4n) is 2.02. The second-order valence-electron chi connectivity index (χ2n) is 5.01.